The van der Waals surface area contributed by atoms with E-state index in [0.29, 0.717) is 18.8 Å². The monoisotopic (exact) mass is 585 g/mol. The largest absolute Gasteiger partial charge is 0.495 e. The summed E-state index contributed by atoms with van der Waals surface area (Å²) in [5.41, 5.74) is 3.24. The fourth-order valence-electron chi connectivity index (χ4n) is 4.55. The van der Waals surface area contributed by atoms with E-state index in [4.69, 9.17) is 4.74 Å². The van der Waals surface area contributed by atoms with Crippen molar-refractivity contribution < 1.29 is 26.4 Å². The Morgan fingerprint density at radius 3 is 2.12 bits per heavy atom. The Bertz CT molecular complexity index is 1600. The van der Waals surface area contributed by atoms with Crippen molar-refractivity contribution in [2.75, 3.05) is 36.4 Å². The van der Waals surface area contributed by atoms with Gasteiger partial charge in [0.2, 0.25) is 15.9 Å². The standard InChI is InChI=1S/C29H35N3O6S2/c1-21-8-12-25(13-9-21)40(36,37)32(24-11-10-22(2)23(3)18-24)20-29(33)30-27-19-26(14-15-28(27)38-4)39(34,35)31-16-6-5-7-17-31/h8-15,18-19H,5-7,16-17,20H2,1-4H3,(H,30,33). The van der Waals surface area contributed by atoms with Crippen LogP contribution in [0.15, 0.2) is 70.5 Å². The number of sulfonamides is 2. The smallest absolute Gasteiger partial charge is 0.264 e. The number of carbonyl (C=O) groups excluding carboxylic acids is 1. The molecular weight excluding hydrogens is 550 g/mol. The Kier molecular flexibility index (Phi) is 8.86. The summed E-state index contributed by atoms with van der Waals surface area (Å²) in [6, 6.07) is 15.9. The second-order valence-corrected chi connectivity index (χ2v) is 13.8. The average molecular weight is 586 g/mol. The van der Waals surface area contributed by atoms with Crippen molar-refractivity contribution in [1.82, 2.24) is 4.31 Å². The zero-order valence-electron chi connectivity index (χ0n) is 23.2. The van der Waals surface area contributed by atoms with Gasteiger partial charge < -0.3 is 10.1 Å². The Balaban J connectivity index is 1.67. The maximum atomic E-state index is 13.7. The second-order valence-electron chi connectivity index (χ2n) is 9.97. The highest BCUT2D eigenvalue weighted by molar-refractivity contribution is 7.92. The highest BCUT2D eigenvalue weighted by Gasteiger charge is 2.29. The molecule has 11 heteroatoms. The van der Waals surface area contributed by atoms with Crippen molar-refractivity contribution in [3.63, 3.8) is 0 Å². The number of carbonyl (C=O) groups is 1. The summed E-state index contributed by atoms with van der Waals surface area (Å²) in [4.78, 5) is 13.5. The van der Waals surface area contributed by atoms with Crippen LogP contribution in [0.1, 0.15) is 36.0 Å². The van der Waals surface area contributed by atoms with Crippen molar-refractivity contribution in [2.24, 2.45) is 0 Å². The van der Waals surface area contributed by atoms with Crippen molar-refractivity contribution in [2.45, 2.75) is 49.8 Å². The van der Waals surface area contributed by atoms with E-state index in [1.54, 1.807) is 30.3 Å². The molecule has 0 bridgehead atoms. The van der Waals surface area contributed by atoms with Gasteiger partial charge in [-0.1, -0.05) is 30.2 Å². The fraction of sp³-hybridized carbons (Fsp3) is 0.345. The number of hydrogen-bond donors (Lipinski definition) is 1. The number of hydrogen-bond acceptors (Lipinski definition) is 6. The molecule has 9 nitrogen and oxygen atoms in total. The second kappa shape index (κ2) is 12.0. The molecule has 1 aliphatic rings. The summed E-state index contributed by atoms with van der Waals surface area (Å²) in [6.07, 6.45) is 2.57. The van der Waals surface area contributed by atoms with Crippen LogP contribution in [-0.2, 0) is 24.8 Å². The maximum absolute atomic E-state index is 13.7. The predicted molar refractivity (Wildman–Crippen MR) is 156 cm³/mol. The van der Waals surface area contributed by atoms with E-state index in [9.17, 15) is 21.6 Å². The Morgan fingerprint density at radius 2 is 1.50 bits per heavy atom. The van der Waals surface area contributed by atoms with E-state index < -0.39 is 32.5 Å². The molecule has 1 heterocycles. The SMILES string of the molecule is COc1ccc(S(=O)(=O)N2CCCCC2)cc1NC(=O)CN(c1ccc(C)c(C)c1)S(=O)(=O)c1ccc(C)cc1. The molecule has 0 aliphatic carbocycles. The summed E-state index contributed by atoms with van der Waals surface area (Å²) < 4.78 is 61.9. The quantitative estimate of drug-likeness (QED) is 0.392. The lowest BCUT2D eigenvalue weighted by atomic mass is 10.1. The van der Waals surface area contributed by atoms with Gasteiger partial charge >= 0.3 is 0 Å². The van der Waals surface area contributed by atoms with E-state index in [2.05, 4.69) is 5.32 Å². The summed E-state index contributed by atoms with van der Waals surface area (Å²) in [5.74, 6) is -0.398. The average Bonchev–Trinajstić information content (AvgIpc) is 2.94. The highest BCUT2D eigenvalue weighted by Crippen LogP contribution is 2.31. The van der Waals surface area contributed by atoms with E-state index in [1.165, 1.54) is 41.7 Å². The van der Waals surface area contributed by atoms with Crippen molar-refractivity contribution >= 4 is 37.3 Å². The van der Waals surface area contributed by atoms with Gasteiger partial charge in [-0.3, -0.25) is 9.10 Å². The molecule has 4 rings (SSSR count). The molecule has 0 aromatic heterocycles. The van der Waals surface area contributed by atoms with E-state index >= 15 is 0 Å². The van der Waals surface area contributed by atoms with Crippen LogP contribution < -0.4 is 14.4 Å². The Morgan fingerprint density at radius 1 is 0.850 bits per heavy atom. The van der Waals surface area contributed by atoms with Crippen molar-refractivity contribution in [3.8, 4) is 5.75 Å². The number of rotatable bonds is 9. The number of ether oxygens (including phenoxy) is 1. The lowest BCUT2D eigenvalue weighted by molar-refractivity contribution is -0.114. The van der Waals surface area contributed by atoms with E-state index in [0.717, 1.165) is 40.3 Å². The van der Waals surface area contributed by atoms with Crippen LogP contribution in [0.5, 0.6) is 5.75 Å². The van der Waals surface area contributed by atoms with Gasteiger partial charge in [-0.15, -0.1) is 0 Å². The third kappa shape index (κ3) is 6.32. The summed E-state index contributed by atoms with van der Waals surface area (Å²) in [6.45, 7) is 6.00. The van der Waals surface area contributed by atoms with Crippen molar-refractivity contribution in [1.29, 1.82) is 0 Å². The minimum absolute atomic E-state index is 0.0313. The van der Waals surface area contributed by atoms with Crippen LogP contribution in [0.2, 0.25) is 0 Å². The minimum atomic E-state index is -4.11. The van der Waals surface area contributed by atoms with Crippen LogP contribution >= 0.6 is 0 Å². The Hall–Kier alpha value is -3.41. The molecule has 0 radical (unpaired) electrons. The molecule has 0 atom stereocenters. The number of piperidine rings is 1. The van der Waals surface area contributed by atoms with Crippen molar-refractivity contribution in [3.05, 3.63) is 77.4 Å². The predicted octanol–water partition coefficient (Wildman–Crippen LogP) is 4.63. The van der Waals surface area contributed by atoms with Gasteiger partial charge in [-0.2, -0.15) is 4.31 Å². The number of nitrogens with zero attached hydrogens (tertiary/aromatic N) is 2. The third-order valence-corrected chi connectivity index (χ3v) is 10.8. The zero-order chi connectivity index (χ0) is 29.1. The normalized spacial score (nSPS) is 14.5. The van der Waals surface area contributed by atoms with Crippen LogP contribution in [0.4, 0.5) is 11.4 Å². The third-order valence-electron chi connectivity index (χ3n) is 7.07. The number of anilines is 2. The van der Waals surface area contributed by atoms with Gasteiger partial charge in [0.15, 0.2) is 0 Å². The minimum Gasteiger partial charge on any atom is -0.495 e. The summed E-state index contributed by atoms with van der Waals surface area (Å²) >= 11 is 0. The first-order chi connectivity index (χ1) is 18.9. The first-order valence-electron chi connectivity index (χ1n) is 13.1. The zero-order valence-corrected chi connectivity index (χ0v) is 24.8. The molecule has 1 saturated heterocycles. The number of nitrogens with one attached hydrogen (secondary N) is 1. The van der Waals surface area contributed by atoms with Crippen LogP contribution in [-0.4, -0.2) is 53.8 Å². The van der Waals surface area contributed by atoms with Gasteiger partial charge in [-0.05, 0) is 87.2 Å². The molecule has 3 aromatic rings. The fourth-order valence-corrected chi connectivity index (χ4v) is 7.51. The lowest BCUT2D eigenvalue weighted by Gasteiger charge is -2.26. The topological polar surface area (TPSA) is 113 Å². The molecule has 3 aromatic carbocycles. The van der Waals surface area contributed by atoms with Gasteiger partial charge in [0, 0.05) is 13.1 Å². The van der Waals surface area contributed by atoms with Gasteiger partial charge in [0.05, 0.1) is 28.3 Å². The lowest BCUT2D eigenvalue weighted by Crippen LogP contribution is -2.38. The van der Waals surface area contributed by atoms with E-state index in [1.807, 2.05) is 20.8 Å². The molecule has 1 aliphatic heterocycles. The maximum Gasteiger partial charge on any atom is 0.264 e. The molecule has 1 amide bonds. The summed E-state index contributed by atoms with van der Waals surface area (Å²) in [7, 11) is -6.46. The number of methoxy groups -OCH3 is 1. The molecular formula is C29H35N3O6S2. The molecule has 0 unspecified atom stereocenters. The molecule has 214 valence electrons. The molecule has 40 heavy (non-hydrogen) atoms. The molecule has 1 N–H and O–H groups in total. The van der Waals surface area contributed by atoms with Gasteiger partial charge in [0.25, 0.3) is 10.0 Å². The van der Waals surface area contributed by atoms with Crippen LogP contribution in [0.25, 0.3) is 0 Å². The van der Waals surface area contributed by atoms with E-state index in [-0.39, 0.29) is 21.2 Å². The van der Waals surface area contributed by atoms with Gasteiger partial charge in [-0.25, -0.2) is 16.8 Å². The molecule has 0 spiro atoms. The number of benzene rings is 3. The molecule has 1 fully saturated rings. The highest BCUT2D eigenvalue weighted by atomic mass is 32.2. The molecule has 0 saturated carbocycles. The van der Waals surface area contributed by atoms with Crippen LogP contribution in [0.3, 0.4) is 0 Å². The Labute approximate surface area is 236 Å². The number of amides is 1. The summed E-state index contributed by atoms with van der Waals surface area (Å²) in [5, 5.41) is 2.68. The van der Waals surface area contributed by atoms with Gasteiger partial charge in [0.1, 0.15) is 12.3 Å². The first kappa shape index (κ1) is 29.6. The number of aryl methyl sites for hydroxylation is 3. The first-order valence-corrected chi connectivity index (χ1v) is 16.0. The van der Waals surface area contributed by atoms with Crippen LogP contribution in [0, 0.1) is 20.8 Å².